The summed E-state index contributed by atoms with van der Waals surface area (Å²) in [5.41, 5.74) is 8.98. The van der Waals surface area contributed by atoms with Gasteiger partial charge in [0.15, 0.2) is 0 Å². The van der Waals surface area contributed by atoms with Gasteiger partial charge >= 0.3 is 0 Å². The van der Waals surface area contributed by atoms with Crippen LogP contribution in [-0.4, -0.2) is 30.3 Å². The van der Waals surface area contributed by atoms with Crippen molar-refractivity contribution in [3.8, 4) is 0 Å². The Balaban J connectivity index is 2.24. The third-order valence-corrected chi connectivity index (χ3v) is 3.43. The molecule has 106 valence electrons. The first kappa shape index (κ1) is 14.1. The van der Waals surface area contributed by atoms with Crippen LogP contribution in [0.4, 0.5) is 0 Å². The van der Waals surface area contributed by atoms with Gasteiger partial charge in [0.05, 0.1) is 19.2 Å². The van der Waals surface area contributed by atoms with Crippen molar-refractivity contribution in [2.45, 2.75) is 20.3 Å². The van der Waals surface area contributed by atoms with E-state index in [0.717, 1.165) is 27.7 Å². The number of benzene rings is 1. The van der Waals surface area contributed by atoms with Gasteiger partial charge < -0.3 is 15.1 Å². The van der Waals surface area contributed by atoms with E-state index < -0.39 is 5.91 Å². The molecule has 0 spiro atoms. The molecule has 5 nitrogen and oxygen atoms in total. The zero-order valence-corrected chi connectivity index (χ0v) is 11.9. The van der Waals surface area contributed by atoms with Gasteiger partial charge in [0.1, 0.15) is 5.58 Å². The number of nitrogens with zero attached hydrogens (tertiary/aromatic N) is 1. The SMILES string of the molecule is Cc1cc2occ(CC(=O)N(C)CC(N)=O)c2cc1C. The van der Waals surface area contributed by atoms with E-state index >= 15 is 0 Å². The van der Waals surface area contributed by atoms with Gasteiger partial charge in [-0.2, -0.15) is 0 Å². The molecule has 0 saturated carbocycles. The molecular formula is C15H18N2O3. The van der Waals surface area contributed by atoms with Crippen molar-refractivity contribution in [1.82, 2.24) is 4.90 Å². The first-order valence-corrected chi connectivity index (χ1v) is 6.38. The molecule has 1 aromatic carbocycles. The number of amides is 2. The first-order chi connectivity index (χ1) is 9.38. The molecule has 2 amide bonds. The Labute approximate surface area is 117 Å². The maximum atomic E-state index is 12.0. The Morgan fingerprint density at radius 1 is 1.25 bits per heavy atom. The molecule has 5 heteroatoms. The fourth-order valence-electron chi connectivity index (χ4n) is 2.09. The molecule has 0 aliphatic heterocycles. The van der Waals surface area contributed by atoms with E-state index in [9.17, 15) is 9.59 Å². The van der Waals surface area contributed by atoms with Crippen molar-refractivity contribution in [3.63, 3.8) is 0 Å². The van der Waals surface area contributed by atoms with Crippen LogP contribution in [0.25, 0.3) is 11.0 Å². The van der Waals surface area contributed by atoms with Gasteiger partial charge in [-0.05, 0) is 37.1 Å². The Bertz CT molecular complexity index is 673. The van der Waals surface area contributed by atoms with Crippen LogP contribution >= 0.6 is 0 Å². The Morgan fingerprint density at radius 2 is 1.90 bits per heavy atom. The van der Waals surface area contributed by atoms with E-state index in [1.807, 2.05) is 26.0 Å². The number of carbonyl (C=O) groups excluding carboxylic acids is 2. The lowest BCUT2D eigenvalue weighted by molar-refractivity contribution is -0.133. The third-order valence-electron chi connectivity index (χ3n) is 3.43. The second kappa shape index (κ2) is 5.36. The average Bonchev–Trinajstić information content (AvgIpc) is 2.72. The van der Waals surface area contributed by atoms with Crippen molar-refractivity contribution in [2.75, 3.05) is 13.6 Å². The minimum absolute atomic E-state index is 0.0766. The number of furan rings is 1. The Kier molecular flexibility index (Phi) is 3.79. The van der Waals surface area contributed by atoms with Crippen LogP contribution < -0.4 is 5.73 Å². The van der Waals surface area contributed by atoms with Gasteiger partial charge in [-0.3, -0.25) is 9.59 Å². The molecule has 0 bridgehead atoms. The molecule has 0 radical (unpaired) electrons. The summed E-state index contributed by atoms with van der Waals surface area (Å²) in [7, 11) is 1.56. The number of hydrogen-bond donors (Lipinski definition) is 1. The van der Waals surface area contributed by atoms with E-state index in [0.29, 0.717) is 0 Å². The number of hydrogen-bond acceptors (Lipinski definition) is 3. The maximum Gasteiger partial charge on any atom is 0.237 e. The highest BCUT2D eigenvalue weighted by molar-refractivity contribution is 5.90. The largest absolute Gasteiger partial charge is 0.464 e. The molecule has 1 aromatic heterocycles. The number of primary amides is 1. The highest BCUT2D eigenvalue weighted by atomic mass is 16.3. The highest BCUT2D eigenvalue weighted by Crippen LogP contribution is 2.25. The predicted octanol–water partition coefficient (Wildman–Crippen LogP) is 1.54. The second-order valence-electron chi connectivity index (χ2n) is 5.09. The second-order valence-corrected chi connectivity index (χ2v) is 5.09. The molecule has 0 saturated heterocycles. The fourth-order valence-corrected chi connectivity index (χ4v) is 2.09. The minimum atomic E-state index is -0.524. The van der Waals surface area contributed by atoms with Crippen LogP contribution in [0.2, 0.25) is 0 Å². The predicted molar refractivity (Wildman–Crippen MR) is 76.2 cm³/mol. The molecule has 0 fully saturated rings. The summed E-state index contributed by atoms with van der Waals surface area (Å²) in [6.45, 7) is 3.96. The molecule has 0 aliphatic carbocycles. The van der Waals surface area contributed by atoms with Crippen LogP contribution in [0.5, 0.6) is 0 Å². The highest BCUT2D eigenvalue weighted by Gasteiger charge is 2.15. The number of likely N-dealkylation sites (N-methyl/N-ethyl adjacent to an activating group) is 1. The Hall–Kier alpha value is -2.30. The lowest BCUT2D eigenvalue weighted by atomic mass is 10.0. The summed E-state index contributed by atoms with van der Waals surface area (Å²) >= 11 is 0. The molecule has 2 aromatic rings. The molecule has 0 aliphatic rings. The average molecular weight is 274 g/mol. The molecule has 2 rings (SSSR count). The van der Waals surface area contributed by atoms with Gasteiger partial charge in [-0.15, -0.1) is 0 Å². The van der Waals surface area contributed by atoms with Gasteiger partial charge in [-0.1, -0.05) is 0 Å². The van der Waals surface area contributed by atoms with Crippen molar-refractivity contribution >= 4 is 22.8 Å². The number of nitrogens with two attached hydrogens (primary N) is 1. The standard InChI is InChI=1S/C15H18N2O3/c1-9-4-12-11(8-20-13(12)5-10(9)2)6-15(19)17(3)7-14(16)18/h4-5,8H,6-7H2,1-3H3,(H2,16,18). The maximum absolute atomic E-state index is 12.0. The topological polar surface area (TPSA) is 76.5 Å². The van der Waals surface area contributed by atoms with Crippen LogP contribution in [0.1, 0.15) is 16.7 Å². The molecular weight excluding hydrogens is 256 g/mol. The van der Waals surface area contributed by atoms with Crippen LogP contribution in [0, 0.1) is 13.8 Å². The van der Waals surface area contributed by atoms with Crippen molar-refractivity contribution < 1.29 is 14.0 Å². The monoisotopic (exact) mass is 274 g/mol. The summed E-state index contributed by atoms with van der Waals surface area (Å²) in [4.78, 5) is 24.2. The number of fused-ring (bicyclic) bond motifs is 1. The molecule has 2 N–H and O–H groups in total. The van der Waals surface area contributed by atoms with Gasteiger partial charge in [0.25, 0.3) is 0 Å². The summed E-state index contributed by atoms with van der Waals surface area (Å²) in [6, 6.07) is 3.98. The number of carbonyl (C=O) groups is 2. The minimum Gasteiger partial charge on any atom is -0.464 e. The van der Waals surface area contributed by atoms with Crippen molar-refractivity contribution in [1.29, 1.82) is 0 Å². The van der Waals surface area contributed by atoms with Crippen LogP contribution in [-0.2, 0) is 16.0 Å². The van der Waals surface area contributed by atoms with Crippen LogP contribution in [0.3, 0.4) is 0 Å². The molecule has 1 heterocycles. The lowest BCUT2D eigenvalue weighted by Crippen LogP contribution is -2.36. The van der Waals surface area contributed by atoms with Gasteiger partial charge in [0.2, 0.25) is 11.8 Å². The zero-order chi connectivity index (χ0) is 14.9. The smallest absolute Gasteiger partial charge is 0.237 e. The summed E-state index contributed by atoms with van der Waals surface area (Å²) < 4.78 is 5.48. The van der Waals surface area contributed by atoms with E-state index in [4.69, 9.17) is 10.2 Å². The number of aryl methyl sites for hydroxylation is 2. The molecule has 0 unspecified atom stereocenters. The number of rotatable bonds is 4. The first-order valence-electron chi connectivity index (χ1n) is 6.38. The summed E-state index contributed by atoms with van der Waals surface area (Å²) in [6.07, 6.45) is 1.79. The summed E-state index contributed by atoms with van der Waals surface area (Å²) in [5.74, 6) is -0.686. The fraction of sp³-hybridized carbons (Fsp3) is 0.333. The van der Waals surface area contributed by atoms with Gasteiger partial charge in [0, 0.05) is 18.0 Å². The van der Waals surface area contributed by atoms with Crippen LogP contribution in [0.15, 0.2) is 22.8 Å². The molecule has 20 heavy (non-hydrogen) atoms. The van der Waals surface area contributed by atoms with E-state index in [2.05, 4.69) is 0 Å². The van der Waals surface area contributed by atoms with E-state index in [-0.39, 0.29) is 18.9 Å². The zero-order valence-electron chi connectivity index (χ0n) is 11.9. The summed E-state index contributed by atoms with van der Waals surface area (Å²) in [5, 5.41) is 0.939. The van der Waals surface area contributed by atoms with Gasteiger partial charge in [-0.25, -0.2) is 0 Å². The van der Waals surface area contributed by atoms with Crippen molar-refractivity contribution in [3.05, 3.63) is 35.1 Å². The quantitative estimate of drug-likeness (QED) is 0.918. The van der Waals surface area contributed by atoms with Crippen molar-refractivity contribution in [2.24, 2.45) is 5.73 Å². The normalized spacial score (nSPS) is 10.8. The lowest BCUT2D eigenvalue weighted by Gasteiger charge is -2.14. The van der Waals surface area contributed by atoms with E-state index in [1.54, 1.807) is 13.3 Å². The Morgan fingerprint density at radius 3 is 2.55 bits per heavy atom. The third kappa shape index (κ3) is 2.82. The van der Waals surface area contributed by atoms with E-state index in [1.165, 1.54) is 4.90 Å². The molecule has 0 atom stereocenters.